The molecule has 46 heavy (non-hydrogen) atoms. The molecule has 3 aliphatic rings. The fourth-order valence-corrected chi connectivity index (χ4v) is 8.30. The molecule has 0 N–H and O–H groups in total. The van der Waals surface area contributed by atoms with Crippen molar-refractivity contribution in [3.63, 3.8) is 0 Å². The fraction of sp³-hybridized carbons (Fsp3) is 0.0952. The first-order chi connectivity index (χ1) is 22.7. The van der Waals surface area contributed by atoms with Crippen molar-refractivity contribution >= 4 is 34.6 Å². The van der Waals surface area contributed by atoms with Crippen molar-refractivity contribution < 1.29 is 9.59 Å². The van der Waals surface area contributed by atoms with Crippen LogP contribution in [-0.4, -0.2) is 11.8 Å². The molecule has 220 valence electrons. The van der Waals surface area contributed by atoms with E-state index in [1.807, 2.05) is 94.7 Å². The Morgan fingerprint density at radius 1 is 0.326 bits per heavy atom. The molecule has 0 saturated heterocycles. The molecule has 0 spiro atoms. The smallest absolute Gasteiger partial charge is 0.262 e. The third-order valence-electron chi connectivity index (χ3n) is 10.1. The highest BCUT2D eigenvalue weighted by molar-refractivity contribution is 6.13. The number of benzene rings is 6. The lowest BCUT2D eigenvalue weighted by atomic mass is 9.49. The summed E-state index contributed by atoms with van der Waals surface area (Å²) in [5.74, 6) is 0.299. The molecule has 0 aromatic heterocycles. The van der Waals surface area contributed by atoms with E-state index in [4.69, 9.17) is 0 Å². The predicted octanol–water partition coefficient (Wildman–Crippen LogP) is 9.72. The number of fused-ring (bicyclic) bond motifs is 12. The molecule has 0 bridgehead atoms. The van der Waals surface area contributed by atoms with E-state index in [0.29, 0.717) is 11.1 Å². The average molecular weight is 595 g/mol. The molecular weight excluding hydrogens is 564 g/mol. The molecule has 4 heteroatoms. The summed E-state index contributed by atoms with van der Waals surface area (Å²) in [7, 11) is 0. The van der Waals surface area contributed by atoms with Gasteiger partial charge in [0.25, 0.3) is 11.8 Å². The summed E-state index contributed by atoms with van der Waals surface area (Å²) in [6.45, 7) is 0. The second-order valence-corrected chi connectivity index (χ2v) is 12.4. The Balaban J connectivity index is 1.30. The highest BCUT2D eigenvalue weighted by Crippen LogP contribution is 2.72. The summed E-state index contributed by atoms with van der Waals surface area (Å²) >= 11 is 0. The second-order valence-electron chi connectivity index (χ2n) is 12.4. The first-order valence-corrected chi connectivity index (χ1v) is 15.9. The number of nitrogens with zero attached hydrogens (tertiary/aromatic N) is 2. The minimum atomic E-state index is -0.0394. The first-order valence-electron chi connectivity index (χ1n) is 15.9. The molecule has 6 aromatic rings. The maximum atomic E-state index is 14.4. The third kappa shape index (κ3) is 3.80. The van der Waals surface area contributed by atoms with E-state index in [0.717, 1.165) is 45.0 Å². The third-order valence-corrected chi connectivity index (χ3v) is 10.1. The van der Waals surface area contributed by atoms with Crippen LogP contribution in [-0.2, 0) is 0 Å². The lowest BCUT2D eigenvalue weighted by Gasteiger charge is -2.53. The van der Waals surface area contributed by atoms with Crippen LogP contribution in [0.1, 0.15) is 66.6 Å². The van der Waals surface area contributed by atoms with Crippen molar-refractivity contribution in [2.24, 2.45) is 0 Å². The van der Waals surface area contributed by atoms with Crippen LogP contribution in [0.5, 0.6) is 0 Å². The van der Waals surface area contributed by atoms with E-state index in [1.54, 1.807) is 0 Å². The van der Waals surface area contributed by atoms with Crippen molar-refractivity contribution in [1.82, 2.24) is 0 Å². The van der Waals surface area contributed by atoms with Gasteiger partial charge in [-0.25, -0.2) is 0 Å². The van der Waals surface area contributed by atoms with E-state index in [1.165, 1.54) is 0 Å². The van der Waals surface area contributed by atoms with Crippen LogP contribution >= 0.6 is 0 Å². The number of amides is 2. The monoisotopic (exact) mass is 594 g/mol. The standard InChI is InChI=1S/C42H30N2O2/c45-41(27-15-3-1-4-16-27)43-33-23-11-7-19-29(33)37-38(30-20-8-12-24-34(30)43)40-32-22-10-14-26-36(32)44(42(46)28-17-5-2-6-18-28)35-25-13-9-21-31(35)39(37)40/h1-26,37-40H. The predicted molar refractivity (Wildman–Crippen MR) is 183 cm³/mol. The maximum Gasteiger partial charge on any atom is 0.262 e. The molecule has 1 fully saturated rings. The average Bonchev–Trinajstić information content (AvgIpc) is 3.28. The summed E-state index contributed by atoms with van der Waals surface area (Å²) in [6.07, 6.45) is 0. The minimum Gasteiger partial charge on any atom is -0.276 e. The lowest BCUT2D eigenvalue weighted by Crippen LogP contribution is -2.39. The zero-order valence-corrected chi connectivity index (χ0v) is 25.0. The summed E-state index contributed by atoms with van der Waals surface area (Å²) in [6, 6.07) is 52.7. The molecule has 4 nitrogen and oxygen atoms in total. The molecule has 1 aliphatic carbocycles. The van der Waals surface area contributed by atoms with Crippen molar-refractivity contribution in [3.05, 3.63) is 191 Å². The Bertz CT molecular complexity index is 1880. The van der Waals surface area contributed by atoms with Crippen LogP contribution in [0.2, 0.25) is 0 Å². The highest BCUT2D eigenvalue weighted by Gasteiger charge is 2.58. The van der Waals surface area contributed by atoms with Gasteiger partial charge in [-0.15, -0.1) is 0 Å². The van der Waals surface area contributed by atoms with Crippen molar-refractivity contribution in [2.75, 3.05) is 9.80 Å². The van der Waals surface area contributed by atoms with Crippen LogP contribution in [0, 0.1) is 0 Å². The Labute approximate surface area is 268 Å². The number of para-hydroxylation sites is 4. The maximum absolute atomic E-state index is 14.4. The molecular formula is C42H30N2O2. The van der Waals surface area contributed by atoms with Gasteiger partial charge in [0.2, 0.25) is 0 Å². The first kappa shape index (κ1) is 26.6. The summed E-state index contributed by atoms with van der Waals surface area (Å²) in [5, 5.41) is 0. The molecule has 0 radical (unpaired) electrons. The van der Waals surface area contributed by atoms with Crippen LogP contribution in [0.4, 0.5) is 22.7 Å². The molecule has 6 aromatic carbocycles. The molecule has 2 heterocycles. The van der Waals surface area contributed by atoms with E-state index in [9.17, 15) is 9.59 Å². The van der Waals surface area contributed by atoms with Crippen LogP contribution in [0.15, 0.2) is 158 Å². The number of hydrogen-bond acceptors (Lipinski definition) is 2. The van der Waals surface area contributed by atoms with Gasteiger partial charge in [0.15, 0.2) is 0 Å². The van der Waals surface area contributed by atoms with Crippen LogP contribution in [0.3, 0.4) is 0 Å². The van der Waals surface area contributed by atoms with Gasteiger partial charge in [0, 0.05) is 34.8 Å². The van der Waals surface area contributed by atoms with Gasteiger partial charge in [-0.2, -0.15) is 0 Å². The van der Waals surface area contributed by atoms with Crippen molar-refractivity contribution in [1.29, 1.82) is 0 Å². The van der Waals surface area contributed by atoms with Crippen LogP contribution < -0.4 is 9.80 Å². The number of hydrogen-bond donors (Lipinski definition) is 0. The zero-order valence-electron chi connectivity index (χ0n) is 25.0. The Morgan fingerprint density at radius 3 is 0.848 bits per heavy atom. The van der Waals surface area contributed by atoms with E-state index in [2.05, 4.69) is 72.8 Å². The quantitative estimate of drug-likeness (QED) is 0.200. The fourth-order valence-electron chi connectivity index (χ4n) is 8.30. The minimum absolute atomic E-state index is 0.0394. The lowest BCUT2D eigenvalue weighted by molar-refractivity contribution is 0.0991. The number of carbonyl (C=O) groups excluding carboxylic acids is 2. The Kier molecular flexibility index (Phi) is 6.04. The Hall–Kier alpha value is -5.74. The van der Waals surface area contributed by atoms with Crippen LogP contribution in [0.25, 0.3) is 0 Å². The van der Waals surface area contributed by atoms with E-state index < -0.39 is 0 Å². The topological polar surface area (TPSA) is 40.6 Å². The van der Waals surface area contributed by atoms with Gasteiger partial charge >= 0.3 is 0 Å². The van der Waals surface area contributed by atoms with Gasteiger partial charge in [-0.3, -0.25) is 19.4 Å². The highest BCUT2D eigenvalue weighted by atomic mass is 16.2. The molecule has 2 amide bonds. The molecule has 0 atom stereocenters. The largest absolute Gasteiger partial charge is 0.276 e. The normalized spacial score (nSPS) is 20.3. The molecule has 0 unspecified atom stereocenters. The van der Waals surface area contributed by atoms with Gasteiger partial charge in [-0.1, -0.05) is 109 Å². The SMILES string of the molecule is O=C(c1ccccc1)N1c2ccccc2C2C(c3ccccc31)C1c3ccccc3N(C(=O)c3ccccc3)c3ccccc3C21. The van der Waals surface area contributed by atoms with E-state index >= 15 is 0 Å². The molecule has 1 saturated carbocycles. The van der Waals surface area contributed by atoms with Crippen molar-refractivity contribution in [2.45, 2.75) is 23.7 Å². The number of carbonyl (C=O) groups is 2. The Morgan fingerprint density at radius 2 is 0.565 bits per heavy atom. The zero-order chi connectivity index (χ0) is 30.8. The molecule has 2 aliphatic heterocycles. The molecule has 9 rings (SSSR count). The van der Waals surface area contributed by atoms with E-state index in [-0.39, 0.29) is 35.5 Å². The second kappa shape index (κ2) is 10.4. The van der Waals surface area contributed by atoms with Gasteiger partial charge < -0.3 is 0 Å². The van der Waals surface area contributed by atoms with Crippen molar-refractivity contribution in [3.8, 4) is 0 Å². The number of anilines is 4. The summed E-state index contributed by atoms with van der Waals surface area (Å²) < 4.78 is 0. The van der Waals surface area contributed by atoms with Gasteiger partial charge in [0.05, 0.1) is 22.7 Å². The number of rotatable bonds is 2. The van der Waals surface area contributed by atoms with Gasteiger partial charge in [0.1, 0.15) is 0 Å². The summed E-state index contributed by atoms with van der Waals surface area (Å²) in [5.41, 5.74) is 9.61. The summed E-state index contributed by atoms with van der Waals surface area (Å²) in [4.78, 5) is 32.7. The van der Waals surface area contributed by atoms with Gasteiger partial charge in [-0.05, 0) is 70.8 Å².